The van der Waals surface area contributed by atoms with Crippen LogP contribution in [0.4, 0.5) is 0 Å². The van der Waals surface area contributed by atoms with Crippen LogP contribution in [0.1, 0.15) is 65.7 Å². The molecule has 3 heteroatoms. The molecule has 4 aliphatic carbocycles. The molecule has 0 aromatic rings. The molecular weight excluding hydrogens is 310 g/mol. The fraction of sp³-hybridized carbons (Fsp3) is 0.818. The summed E-state index contributed by atoms with van der Waals surface area (Å²) in [6.45, 7) is 6.41. The second-order valence-corrected chi connectivity index (χ2v) is 9.76. The minimum Gasteiger partial charge on any atom is -0.393 e. The average Bonchev–Trinajstić information content (AvgIpc) is 2.88. The quantitative estimate of drug-likeness (QED) is 0.725. The van der Waals surface area contributed by atoms with Gasteiger partial charge in [-0.1, -0.05) is 25.5 Å². The van der Waals surface area contributed by atoms with E-state index in [4.69, 9.17) is 0 Å². The summed E-state index contributed by atoms with van der Waals surface area (Å²) in [7, 11) is 0. The zero-order valence-corrected chi connectivity index (χ0v) is 15.8. The highest BCUT2D eigenvalue weighted by Gasteiger charge is 2.62. The van der Waals surface area contributed by atoms with Crippen LogP contribution >= 0.6 is 0 Å². The maximum absolute atomic E-state index is 12.4. The number of rotatable bonds is 1. The summed E-state index contributed by atoms with van der Waals surface area (Å²) in [5.41, 5.74) is 1.71. The highest BCUT2D eigenvalue weighted by molar-refractivity contribution is 5.80. The number of fused-ring (bicyclic) bond motifs is 5. The van der Waals surface area contributed by atoms with Crippen LogP contribution in [0.25, 0.3) is 0 Å². The molecule has 3 fully saturated rings. The van der Waals surface area contributed by atoms with Crippen molar-refractivity contribution in [2.75, 3.05) is 0 Å². The molecule has 25 heavy (non-hydrogen) atoms. The molecule has 0 heterocycles. The van der Waals surface area contributed by atoms with Crippen LogP contribution in [-0.2, 0) is 4.79 Å². The molecule has 0 aromatic carbocycles. The standard InChI is InChI=1S/C22H31NO2/c1-13(24)20-14(12-23)10-19-17-5-4-15-11-16(25)6-8-21(15,2)18(17)7-9-22(19,20)3/h4,14,16-20,25H,5-11H2,1-3H3/t14?,16?,17-,18+,19+,20+,21+,22+/m1/s1. The van der Waals surface area contributed by atoms with E-state index < -0.39 is 0 Å². The molecule has 0 amide bonds. The lowest BCUT2D eigenvalue weighted by Crippen LogP contribution is -2.51. The molecule has 136 valence electrons. The van der Waals surface area contributed by atoms with Gasteiger partial charge in [0, 0.05) is 5.92 Å². The number of ketones is 1. The van der Waals surface area contributed by atoms with Crippen molar-refractivity contribution >= 4 is 5.78 Å². The zero-order chi connectivity index (χ0) is 18.0. The van der Waals surface area contributed by atoms with Crippen LogP contribution in [0.2, 0.25) is 0 Å². The number of nitriles is 1. The van der Waals surface area contributed by atoms with Crippen molar-refractivity contribution in [3.05, 3.63) is 11.6 Å². The molecular formula is C22H31NO2. The largest absolute Gasteiger partial charge is 0.393 e. The van der Waals surface area contributed by atoms with Crippen molar-refractivity contribution in [2.45, 2.75) is 71.8 Å². The number of carbonyl (C=O) groups is 1. The summed E-state index contributed by atoms with van der Waals surface area (Å²) in [4.78, 5) is 12.4. The van der Waals surface area contributed by atoms with Gasteiger partial charge < -0.3 is 5.11 Å². The van der Waals surface area contributed by atoms with Gasteiger partial charge in [-0.2, -0.15) is 5.26 Å². The third kappa shape index (κ3) is 2.29. The van der Waals surface area contributed by atoms with E-state index in [-0.39, 0.29) is 34.6 Å². The molecule has 0 spiro atoms. The van der Waals surface area contributed by atoms with Crippen LogP contribution in [0.5, 0.6) is 0 Å². The van der Waals surface area contributed by atoms with Gasteiger partial charge in [0.25, 0.3) is 0 Å². The van der Waals surface area contributed by atoms with Crippen molar-refractivity contribution in [1.29, 1.82) is 5.26 Å². The Morgan fingerprint density at radius 1 is 1.28 bits per heavy atom. The Bertz CT molecular complexity index is 661. The van der Waals surface area contributed by atoms with Gasteiger partial charge in [-0.15, -0.1) is 0 Å². The topological polar surface area (TPSA) is 61.1 Å². The Hall–Kier alpha value is -1.14. The molecule has 0 saturated heterocycles. The average molecular weight is 341 g/mol. The van der Waals surface area contributed by atoms with E-state index in [0.717, 1.165) is 38.5 Å². The van der Waals surface area contributed by atoms with E-state index in [1.54, 1.807) is 6.92 Å². The van der Waals surface area contributed by atoms with Gasteiger partial charge in [0.2, 0.25) is 0 Å². The van der Waals surface area contributed by atoms with Gasteiger partial charge in [0.15, 0.2) is 0 Å². The number of hydrogen-bond acceptors (Lipinski definition) is 3. The Morgan fingerprint density at radius 2 is 2.04 bits per heavy atom. The van der Waals surface area contributed by atoms with Crippen LogP contribution in [0.3, 0.4) is 0 Å². The van der Waals surface area contributed by atoms with E-state index in [1.807, 2.05) is 0 Å². The van der Waals surface area contributed by atoms with Crippen LogP contribution in [0, 0.1) is 51.8 Å². The fourth-order valence-corrected chi connectivity index (χ4v) is 7.56. The Morgan fingerprint density at radius 3 is 2.72 bits per heavy atom. The summed E-state index contributed by atoms with van der Waals surface area (Å²) in [6, 6.07) is 2.47. The van der Waals surface area contributed by atoms with Crippen molar-refractivity contribution in [3.8, 4) is 6.07 Å². The first kappa shape index (κ1) is 17.3. The van der Waals surface area contributed by atoms with Gasteiger partial charge in [-0.05, 0) is 80.5 Å². The molecule has 0 aromatic heterocycles. The van der Waals surface area contributed by atoms with Crippen molar-refractivity contribution in [2.24, 2.45) is 40.4 Å². The highest BCUT2D eigenvalue weighted by atomic mass is 16.3. The van der Waals surface area contributed by atoms with Crippen LogP contribution in [-0.4, -0.2) is 17.0 Å². The van der Waals surface area contributed by atoms with Crippen molar-refractivity contribution in [3.63, 3.8) is 0 Å². The molecule has 2 unspecified atom stereocenters. The highest BCUT2D eigenvalue weighted by Crippen LogP contribution is 2.67. The third-order valence-corrected chi connectivity index (χ3v) is 8.74. The monoisotopic (exact) mass is 341 g/mol. The van der Waals surface area contributed by atoms with Crippen LogP contribution in [0.15, 0.2) is 11.6 Å². The molecule has 8 atom stereocenters. The van der Waals surface area contributed by atoms with E-state index in [1.165, 1.54) is 12.0 Å². The van der Waals surface area contributed by atoms with E-state index in [0.29, 0.717) is 17.8 Å². The predicted octanol–water partition coefficient (Wildman–Crippen LogP) is 4.26. The number of aliphatic hydroxyl groups is 1. The van der Waals surface area contributed by atoms with Crippen LogP contribution < -0.4 is 0 Å². The molecule has 3 nitrogen and oxygen atoms in total. The Kier molecular flexibility index (Phi) is 3.93. The zero-order valence-electron chi connectivity index (χ0n) is 15.8. The molecule has 0 aliphatic heterocycles. The molecule has 0 bridgehead atoms. The second kappa shape index (κ2) is 5.68. The van der Waals surface area contributed by atoms with Gasteiger partial charge >= 0.3 is 0 Å². The van der Waals surface area contributed by atoms with Gasteiger partial charge in [-0.3, -0.25) is 4.79 Å². The number of nitrogens with zero attached hydrogens (tertiary/aromatic N) is 1. The number of hydrogen-bond donors (Lipinski definition) is 1. The minimum atomic E-state index is -0.165. The van der Waals surface area contributed by atoms with E-state index >= 15 is 0 Å². The lowest BCUT2D eigenvalue weighted by molar-refractivity contribution is -0.128. The van der Waals surface area contributed by atoms with Crippen molar-refractivity contribution < 1.29 is 9.90 Å². The Labute approximate surface area is 151 Å². The van der Waals surface area contributed by atoms with E-state index in [2.05, 4.69) is 26.0 Å². The maximum Gasteiger partial charge on any atom is 0.134 e. The number of carbonyl (C=O) groups excluding carboxylic acids is 1. The Balaban J connectivity index is 1.70. The molecule has 0 radical (unpaired) electrons. The minimum absolute atomic E-state index is 0.00325. The maximum atomic E-state index is 12.4. The lowest BCUT2D eigenvalue weighted by atomic mass is 9.47. The molecule has 3 saturated carbocycles. The van der Waals surface area contributed by atoms with E-state index in [9.17, 15) is 15.2 Å². The number of allylic oxidation sites excluding steroid dienone is 1. The summed E-state index contributed by atoms with van der Waals surface area (Å²) in [6.07, 6.45) is 9.32. The fourth-order valence-electron chi connectivity index (χ4n) is 7.56. The normalized spacial score (nSPS) is 51.6. The second-order valence-electron chi connectivity index (χ2n) is 9.76. The first-order chi connectivity index (χ1) is 11.8. The third-order valence-electron chi connectivity index (χ3n) is 8.74. The molecule has 1 N–H and O–H groups in total. The predicted molar refractivity (Wildman–Crippen MR) is 96.4 cm³/mol. The summed E-state index contributed by atoms with van der Waals surface area (Å²) in [5, 5.41) is 19.8. The summed E-state index contributed by atoms with van der Waals surface area (Å²) in [5.74, 6) is 1.79. The number of Topliss-reactive ketones (excluding diaryl/α,β-unsaturated/α-hetero) is 1. The molecule has 4 rings (SSSR count). The summed E-state index contributed by atoms with van der Waals surface area (Å²) < 4.78 is 0. The van der Waals surface area contributed by atoms with Gasteiger partial charge in [0.1, 0.15) is 5.78 Å². The molecule has 4 aliphatic rings. The SMILES string of the molecule is CC(=O)[C@H]1C(C#N)C[C@H]2[C@@H]3CC=C4CC(O)CC[C@]4(C)[C@H]3CC[C@]12C. The summed E-state index contributed by atoms with van der Waals surface area (Å²) >= 11 is 0. The first-order valence-corrected chi connectivity index (χ1v) is 10.1. The van der Waals surface area contributed by atoms with Gasteiger partial charge in [0.05, 0.1) is 18.1 Å². The van der Waals surface area contributed by atoms with Crippen molar-refractivity contribution in [1.82, 2.24) is 0 Å². The lowest BCUT2D eigenvalue weighted by Gasteiger charge is -2.57. The number of aliphatic hydroxyl groups excluding tert-OH is 1. The van der Waals surface area contributed by atoms with Gasteiger partial charge in [-0.25, -0.2) is 0 Å². The first-order valence-electron chi connectivity index (χ1n) is 10.1. The smallest absolute Gasteiger partial charge is 0.134 e.